The second-order valence-electron chi connectivity index (χ2n) is 9.22. The summed E-state index contributed by atoms with van der Waals surface area (Å²) in [5, 5.41) is 10.9. The average molecular weight is 593 g/mol. The summed E-state index contributed by atoms with van der Waals surface area (Å²) in [4.78, 5) is 45.2. The Morgan fingerprint density at radius 3 is 1.20 bits per heavy atom. The van der Waals surface area contributed by atoms with Gasteiger partial charge in [0.25, 0.3) is 0 Å². The Morgan fingerprint density at radius 1 is 0.585 bits per heavy atom. The highest BCUT2D eigenvalue weighted by molar-refractivity contribution is 5.80. The number of carbonyl (C=O) groups excluding carboxylic acids is 4. The number of rotatable bonds is 22. The molecule has 0 radical (unpaired) electrons. The number of ether oxygens (including phenoxy) is 3. The average Bonchev–Trinajstić information content (AvgIpc) is 2.96. The van der Waals surface area contributed by atoms with Gasteiger partial charge in [0.1, 0.15) is 13.2 Å². The van der Waals surface area contributed by atoms with Crippen molar-refractivity contribution in [3.05, 3.63) is 0 Å². The van der Waals surface area contributed by atoms with Crippen LogP contribution < -0.4 is 32.7 Å². The van der Waals surface area contributed by atoms with E-state index in [-0.39, 0.29) is 38.5 Å². The predicted octanol–water partition coefficient (Wildman–Crippen LogP) is 2.56. The molecule has 0 aromatic carbocycles. The molecule has 0 aliphatic heterocycles. The lowest BCUT2D eigenvalue weighted by molar-refractivity contribution is -0.120. The first-order chi connectivity index (χ1) is 19.6. The summed E-state index contributed by atoms with van der Waals surface area (Å²) in [5.74, 6) is -0.791. The summed E-state index contributed by atoms with van der Waals surface area (Å²) in [6.45, 7) is 10.1. The van der Waals surface area contributed by atoms with E-state index in [1.165, 1.54) is 25.7 Å². The summed E-state index contributed by atoms with van der Waals surface area (Å²) in [5.41, 5.74) is 10.5. The van der Waals surface area contributed by atoms with Gasteiger partial charge >= 0.3 is 12.2 Å². The zero-order valence-corrected chi connectivity index (χ0v) is 26.5. The quantitative estimate of drug-likeness (QED) is 0.102. The third-order valence-corrected chi connectivity index (χ3v) is 5.68. The standard InChI is InChI=1S/C20H40N6O7.2C4H10/c1-23-15(17(21)27)7-3-5-9-25-19(29)32-13-11-31-12-14-33-20(30)26-10-6-4-8-16(24-2)18(22)28;2*1-3-4-2/h15-16,23-24H,3-14H2,1-2H3,(H2,21,27)(H2,22,28)(H,25,29)(H,26,30);2*3-4H2,1-2H3/t15-,16-;;/m0../s1. The molecule has 0 aliphatic rings. The fraction of sp³-hybridized carbons (Fsp3) is 0.857. The Labute approximate surface area is 247 Å². The van der Waals surface area contributed by atoms with Crippen molar-refractivity contribution in [3.8, 4) is 0 Å². The Kier molecular flexibility index (Phi) is 35.1. The van der Waals surface area contributed by atoms with Crippen LogP contribution in [-0.2, 0) is 23.8 Å². The molecule has 2 atom stereocenters. The van der Waals surface area contributed by atoms with Gasteiger partial charge < -0.3 is 46.9 Å². The summed E-state index contributed by atoms with van der Waals surface area (Å²) in [7, 11) is 3.35. The van der Waals surface area contributed by atoms with Crippen molar-refractivity contribution in [1.82, 2.24) is 21.3 Å². The predicted molar refractivity (Wildman–Crippen MR) is 162 cm³/mol. The number of hydrogen-bond donors (Lipinski definition) is 6. The van der Waals surface area contributed by atoms with Crippen LogP contribution in [0.25, 0.3) is 0 Å². The highest BCUT2D eigenvalue weighted by atomic mass is 16.6. The molecule has 244 valence electrons. The van der Waals surface area contributed by atoms with E-state index >= 15 is 0 Å². The molecular formula is C28H60N6O7. The summed E-state index contributed by atoms with van der Waals surface area (Å²) in [6.07, 6.45) is 8.24. The zero-order valence-electron chi connectivity index (χ0n) is 26.5. The zero-order chi connectivity index (χ0) is 31.7. The number of primary amides is 2. The smallest absolute Gasteiger partial charge is 0.407 e. The number of hydrogen-bond acceptors (Lipinski definition) is 9. The van der Waals surface area contributed by atoms with Crippen molar-refractivity contribution in [1.29, 1.82) is 0 Å². The molecule has 13 heteroatoms. The lowest BCUT2D eigenvalue weighted by Crippen LogP contribution is -2.39. The number of unbranched alkanes of at least 4 members (excludes halogenated alkanes) is 4. The van der Waals surface area contributed by atoms with Crippen LogP contribution in [0.5, 0.6) is 0 Å². The molecule has 8 N–H and O–H groups in total. The molecular weight excluding hydrogens is 532 g/mol. The Bertz CT molecular complexity index is 585. The fourth-order valence-electron chi connectivity index (χ4n) is 2.78. The third-order valence-electron chi connectivity index (χ3n) is 5.68. The topological polar surface area (TPSA) is 196 Å². The number of likely N-dealkylation sites (N-methyl/N-ethyl adjacent to an activating group) is 2. The van der Waals surface area contributed by atoms with Gasteiger partial charge in [-0.3, -0.25) is 9.59 Å². The van der Waals surface area contributed by atoms with E-state index in [0.717, 1.165) is 12.8 Å². The monoisotopic (exact) mass is 592 g/mol. The minimum atomic E-state index is -0.550. The summed E-state index contributed by atoms with van der Waals surface area (Å²) in [6, 6.07) is -0.731. The van der Waals surface area contributed by atoms with Gasteiger partial charge in [-0.2, -0.15) is 0 Å². The Balaban J connectivity index is -0.00000158. The lowest BCUT2D eigenvalue weighted by Gasteiger charge is -2.12. The van der Waals surface area contributed by atoms with Crippen LogP contribution >= 0.6 is 0 Å². The van der Waals surface area contributed by atoms with Crippen molar-refractivity contribution < 1.29 is 33.4 Å². The fourth-order valence-corrected chi connectivity index (χ4v) is 2.78. The largest absolute Gasteiger partial charge is 0.447 e. The van der Waals surface area contributed by atoms with E-state index in [0.29, 0.717) is 38.8 Å². The maximum absolute atomic E-state index is 11.5. The molecule has 0 saturated carbocycles. The van der Waals surface area contributed by atoms with Crippen LogP contribution in [0.3, 0.4) is 0 Å². The van der Waals surface area contributed by atoms with Gasteiger partial charge in [-0.1, -0.05) is 53.4 Å². The van der Waals surface area contributed by atoms with Gasteiger partial charge in [0.15, 0.2) is 0 Å². The minimum Gasteiger partial charge on any atom is -0.447 e. The molecule has 0 bridgehead atoms. The summed E-state index contributed by atoms with van der Waals surface area (Å²) >= 11 is 0. The molecule has 0 rings (SSSR count). The number of amides is 4. The molecule has 0 aromatic rings. The normalized spacial score (nSPS) is 11.5. The van der Waals surface area contributed by atoms with E-state index in [1.54, 1.807) is 14.1 Å². The van der Waals surface area contributed by atoms with Gasteiger partial charge in [0.05, 0.1) is 25.3 Å². The van der Waals surface area contributed by atoms with Crippen molar-refractivity contribution in [3.63, 3.8) is 0 Å². The van der Waals surface area contributed by atoms with E-state index in [1.807, 2.05) is 0 Å². The van der Waals surface area contributed by atoms with Gasteiger partial charge in [-0.25, -0.2) is 9.59 Å². The number of alkyl carbamates (subject to hydrolysis) is 2. The van der Waals surface area contributed by atoms with Crippen molar-refractivity contribution in [2.45, 2.75) is 104 Å². The van der Waals surface area contributed by atoms with Crippen LogP contribution in [0.1, 0.15) is 91.9 Å². The molecule has 0 fully saturated rings. The second-order valence-corrected chi connectivity index (χ2v) is 9.22. The number of carbonyl (C=O) groups is 4. The van der Waals surface area contributed by atoms with Crippen LogP contribution in [0, 0.1) is 0 Å². The molecule has 0 unspecified atom stereocenters. The van der Waals surface area contributed by atoms with E-state index in [4.69, 9.17) is 25.7 Å². The second kappa shape index (κ2) is 33.6. The van der Waals surface area contributed by atoms with E-state index in [9.17, 15) is 19.2 Å². The molecule has 0 saturated heterocycles. The molecule has 4 amide bonds. The van der Waals surface area contributed by atoms with Gasteiger partial charge in [-0.05, 0) is 52.6 Å². The van der Waals surface area contributed by atoms with Crippen LogP contribution in [0.15, 0.2) is 0 Å². The van der Waals surface area contributed by atoms with Gasteiger partial charge in [0, 0.05) is 13.1 Å². The van der Waals surface area contributed by atoms with Gasteiger partial charge in [0.2, 0.25) is 11.8 Å². The van der Waals surface area contributed by atoms with E-state index in [2.05, 4.69) is 49.0 Å². The first kappa shape index (κ1) is 42.8. The van der Waals surface area contributed by atoms with Crippen LogP contribution in [0.2, 0.25) is 0 Å². The third kappa shape index (κ3) is 33.5. The molecule has 0 aliphatic carbocycles. The maximum Gasteiger partial charge on any atom is 0.407 e. The molecule has 13 nitrogen and oxygen atoms in total. The summed E-state index contributed by atoms with van der Waals surface area (Å²) < 4.78 is 15.1. The Morgan fingerprint density at radius 2 is 0.927 bits per heavy atom. The van der Waals surface area contributed by atoms with Crippen molar-refractivity contribution in [2.24, 2.45) is 11.5 Å². The highest BCUT2D eigenvalue weighted by Gasteiger charge is 2.12. The molecule has 0 heterocycles. The van der Waals surface area contributed by atoms with Crippen LogP contribution in [-0.4, -0.2) is 89.7 Å². The lowest BCUT2D eigenvalue weighted by atomic mass is 10.1. The molecule has 41 heavy (non-hydrogen) atoms. The first-order valence-electron chi connectivity index (χ1n) is 15.0. The van der Waals surface area contributed by atoms with Crippen molar-refractivity contribution in [2.75, 3.05) is 53.6 Å². The minimum absolute atomic E-state index is 0.0699. The highest BCUT2D eigenvalue weighted by Crippen LogP contribution is 2.00. The van der Waals surface area contributed by atoms with Crippen LogP contribution in [0.4, 0.5) is 9.59 Å². The molecule has 0 aromatic heterocycles. The van der Waals surface area contributed by atoms with E-state index < -0.39 is 24.0 Å². The molecule has 0 spiro atoms. The number of nitrogens with two attached hydrogens (primary N) is 2. The first-order valence-corrected chi connectivity index (χ1v) is 15.0. The van der Waals surface area contributed by atoms with Crippen molar-refractivity contribution >= 4 is 24.0 Å². The number of nitrogens with one attached hydrogen (secondary N) is 4. The maximum atomic E-state index is 11.5. The van der Waals surface area contributed by atoms with Gasteiger partial charge in [-0.15, -0.1) is 0 Å². The Hall–Kier alpha value is -2.64. The SMILES string of the molecule is CCCC.CCCC.CN[C@@H](CCCCNC(=O)OCCOCCOC(=O)NCCCC[C@H](NC)C(N)=O)C(N)=O.